The number of rotatable bonds is 4. The molecule has 0 radical (unpaired) electrons. The number of fused-ring (bicyclic) bond motifs is 1. The Balaban J connectivity index is 1.70. The largest absolute Gasteiger partial charge is 0.293 e. The van der Waals surface area contributed by atoms with Gasteiger partial charge in [0.2, 0.25) is 0 Å². The lowest BCUT2D eigenvalue weighted by molar-refractivity contribution is 0.239. The van der Waals surface area contributed by atoms with Gasteiger partial charge in [-0.25, -0.2) is 9.67 Å². The second-order valence-corrected chi connectivity index (χ2v) is 6.46. The van der Waals surface area contributed by atoms with Crippen LogP contribution < -0.4 is 5.56 Å². The lowest BCUT2D eigenvalue weighted by atomic mass is 10.1. The van der Waals surface area contributed by atoms with Crippen molar-refractivity contribution in [3.05, 3.63) is 43.8 Å². The van der Waals surface area contributed by atoms with Crippen molar-refractivity contribution in [3.8, 4) is 0 Å². The fraction of sp³-hybridized carbons (Fsp3) is 0.533. The fourth-order valence-corrected chi connectivity index (χ4v) is 3.56. The first kappa shape index (κ1) is 14.4. The van der Waals surface area contributed by atoms with E-state index >= 15 is 0 Å². The molecule has 0 spiro atoms. The average molecular weight is 304 g/mol. The van der Waals surface area contributed by atoms with Crippen LogP contribution >= 0.6 is 11.3 Å². The molecule has 2 aromatic heterocycles. The van der Waals surface area contributed by atoms with Gasteiger partial charge in [-0.05, 0) is 18.4 Å². The zero-order valence-corrected chi connectivity index (χ0v) is 13.3. The minimum absolute atomic E-state index is 0.0329. The Kier molecular flexibility index (Phi) is 4.17. The zero-order valence-electron chi connectivity index (χ0n) is 12.5. The van der Waals surface area contributed by atoms with E-state index in [1.165, 1.54) is 9.69 Å². The molecule has 112 valence electrons. The molecule has 0 aromatic carbocycles. The number of thiazole rings is 1. The van der Waals surface area contributed by atoms with Crippen LogP contribution in [0.3, 0.4) is 0 Å². The maximum atomic E-state index is 11.7. The summed E-state index contributed by atoms with van der Waals surface area (Å²) in [4.78, 5) is 18.7. The first-order chi connectivity index (χ1) is 10.2. The van der Waals surface area contributed by atoms with Gasteiger partial charge in [0.25, 0.3) is 5.56 Å². The highest BCUT2D eigenvalue weighted by atomic mass is 32.1. The molecule has 2 aromatic rings. The summed E-state index contributed by atoms with van der Waals surface area (Å²) in [5.74, 6) is 0. The summed E-state index contributed by atoms with van der Waals surface area (Å²) in [6.45, 7) is 4.79. The zero-order chi connectivity index (χ0) is 14.8. The van der Waals surface area contributed by atoms with E-state index in [0.717, 1.165) is 55.8 Å². The smallest absolute Gasteiger partial charge is 0.266 e. The van der Waals surface area contributed by atoms with Gasteiger partial charge in [-0.15, -0.1) is 11.3 Å². The third kappa shape index (κ3) is 3.22. The van der Waals surface area contributed by atoms with Gasteiger partial charge in [-0.2, -0.15) is 5.10 Å². The highest BCUT2D eigenvalue weighted by Crippen LogP contribution is 2.19. The Morgan fingerprint density at radius 1 is 1.43 bits per heavy atom. The van der Waals surface area contributed by atoms with Crippen molar-refractivity contribution in [2.24, 2.45) is 7.05 Å². The minimum Gasteiger partial charge on any atom is -0.293 e. The summed E-state index contributed by atoms with van der Waals surface area (Å²) in [5, 5.41) is 7.73. The summed E-state index contributed by atoms with van der Waals surface area (Å²) >= 11 is 1.75. The van der Waals surface area contributed by atoms with Crippen molar-refractivity contribution in [2.75, 3.05) is 6.54 Å². The van der Waals surface area contributed by atoms with Gasteiger partial charge in [0, 0.05) is 44.5 Å². The van der Waals surface area contributed by atoms with Crippen LogP contribution in [-0.4, -0.2) is 26.2 Å². The van der Waals surface area contributed by atoms with Crippen molar-refractivity contribution in [3.63, 3.8) is 0 Å². The number of hydrogen-bond acceptors (Lipinski definition) is 5. The van der Waals surface area contributed by atoms with Crippen molar-refractivity contribution in [1.82, 2.24) is 19.7 Å². The average Bonchev–Trinajstić information content (AvgIpc) is 2.88. The van der Waals surface area contributed by atoms with Crippen molar-refractivity contribution >= 4 is 11.3 Å². The Bertz CT molecular complexity index is 691. The van der Waals surface area contributed by atoms with Crippen molar-refractivity contribution in [2.45, 2.75) is 39.3 Å². The molecule has 6 heteroatoms. The predicted octanol–water partition coefficient (Wildman–Crippen LogP) is 1.75. The molecule has 0 bridgehead atoms. The lowest BCUT2D eigenvalue weighted by Crippen LogP contribution is -2.34. The molecule has 0 aliphatic carbocycles. The molecule has 1 aliphatic rings. The van der Waals surface area contributed by atoms with Crippen LogP contribution in [-0.2, 0) is 33.0 Å². The number of hydrogen-bond donors (Lipinski definition) is 0. The van der Waals surface area contributed by atoms with E-state index in [-0.39, 0.29) is 5.56 Å². The van der Waals surface area contributed by atoms with Crippen molar-refractivity contribution in [1.29, 1.82) is 0 Å². The monoisotopic (exact) mass is 304 g/mol. The molecule has 0 saturated heterocycles. The molecular weight excluding hydrogens is 284 g/mol. The molecule has 0 N–H and O–H groups in total. The second kappa shape index (κ2) is 6.07. The molecule has 3 heterocycles. The maximum Gasteiger partial charge on any atom is 0.266 e. The summed E-state index contributed by atoms with van der Waals surface area (Å²) in [6.07, 6.45) is 3.10. The number of aryl methyl sites for hydroxylation is 2. The molecular formula is C15H20N4OS. The van der Waals surface area contributed by atoms with Gasteiger partial charge in [0.15, 0.2) is 0 Å². The molecule has 5 nitrogen and oxygen atoms in total. The molecule has 0 fully saturated rings. The summed E-state index contributed by atoms with van der Waals surface area (Å²) < 4.78 is 1.42. The van der Waals surface area contributed by atoms with Crippen LogP contribution in [0.2, 0.25) is 0 Å². The first-order valence-electron chi connectivity index (χ1n) is 7.37. The molecule has 0 amide bonds. The van der Waals surface area contributed by atoms with Crippen LogP contribution in [0.5, 0.6) is 0 Å². The lowest BCUT2D eigenvalue weighted by Gasteiger charge is -2.27. The van der Waals surface area contributed by atoms with E-state index < -0.39 is 0 Å². The molecule has 3 rings (SSSR count). The van der Waals surface area contributed by atoms with E-state index in [9.17, 15) is 4.79 Å². The van der Waals surface area contributed by atoms with Crippen LogP contribution in [0.4, 0.5) is 0 Å². The van der Waals surface area contributed by atoms with Crippen LogP contribution in [0.15, 0.2) is 16.2 Å². The summed E-state index contributed by atoms with van der Waals surface area (Å²) in [5.41, 5.74) is 3.23. The quantitative estimate of drug-likeness (QED) is 0.863. The Morgan fingerprint density at radius 3 is 3.10 bits per heavy atom. The Hall–Kier alpha value is -1.53. The van der Waals surface area contributed by atoms with Gasteiger partial charge in [-0.3, -0.25) is 9.69 Å². The predicted molar refractivity (Wildman–Crippen MR) is 83.4 cm³/mol. The minimum atomic E-state index is -0.0329. The van der Waals surface area contributed by atoms with Crippen molar-refractivity contribution < 1.29 is 0 Å². The van der Waals surface area contributed by atoms with Crippen LogP contribution in [0, 0.1) is 0 Å². The van der Waals surface area contributed by atoms with E-state index in [1.807, 2.05) is 0 Å². The Labute approximate surface area is 128 Å². The third-order valence-electron chi connectivity index (χ3n) is 3.77. The van der Waals surface area contributed by atoms with Crippen LogP contribution in [0.1, 0.15) is 35.3 Å². The van der Waals surface area contributed by atoms with Gasteiger partial charge in [0.05, 0.1) is 16.4 Å². The van der Waals surface area contributed by atoms with Crippen LogP contribution in [0.25, 0.3) is 0 Å². The second-order valence-electron chi connectivity index (χ2n) is 5.52. The number of aromatic nitrogens is 3. The standard InChI is InChI=1S/C15H20N4OS/c1-3-4-14-16-12(10-21-14)9-19-6-5-13-11(8-19)7-15(20)18(2)17-13/h7,10H,3-6,8-9H2,1-2H3. The fourth-order valence-electron chi connectivity index (χ4n) is 2.67. The van der Waals surface area contributed by atoms with Gasteiger partial charge in [0.1, 0.15) is 0 Å². The van der Waals surface area contributed by atoms with Gasteiger partial charge < -0.3 is 0 Å². The van der Waals surface area contributed by atoms with E-state index in [2.05, 4.69) is 27.3 Å². The molecule has 0 unspecified atom stereocenters. The highest BCUT2D eigenvalue weighted by molar-refractivity contribution is 7.09. The Morgan fingerprint density at radius 2 is 2.29 bits per heavy atom. The molecule has 0 atom stereocenters. The summed E-state index contributed by atoms with van der Waals surface area (Å²) in [6, 6.07) is 1.72. The highest BCUT2D eigenvalue weighted by Gasteiger charge is 2.19. The van der Waals surface area contributed by atoms with Gasteiger partial charge >= 0.3 is 0 Å². The third-order valence-corrected chi connectivity index (χ3v) is 4.72. The molecule has 1 aliphatic heterocycles. The first-order valence-corrected chi connectivity index (χ1v) is 8.25. The van der Waals surface area contributed by atoms with E-state index in [1.54, 1.807) is 24.5 Å². The normalized spacial score (nSPS) is 15.1. The maximum absolute atomic E-state index is 11.7. The van der Waals surface area contributed by atoms with Gasteiger partial charge in [-0.1, -0.05) is 6.92 Å². The number of nitrogens with zero attached hydrogens (tertiary/aromatic N) is 4. The SMILES string of the molecule is CCCc1nc(CN2CCc3nn(C)c(=O)cc3C2)cs1. The van der Waals surface area contributed by atoms with E-state index in [4.69, 9.17) is 0 Å². The molecule has 0 saturated carbocycles. The molecule has 21 heavy (non-hydrogen) atoms. The van der Waals surface area contributed by atoms with E-state index in [0.29, 0.717) is 0 Å². The topological polar surface area (TPSA) is 51.0 Å². The summed E-state index contributed by atoms with van der Waals surface area (Å²) in [7, 11) is 1.71.